The molecule has 0 aliphatic carbocycles. The SMILES string of the molecule is CCCOCC(=O)NCC(C)(O)c1ccccc1. The lowest BCUT2D eigenvalue weighted by molar-refractivity contribution is -0.126. The van der Waals surface area contributed by atoms with Crippen LogP contribution in [0.15, 0.2) is 30.3 Å². The van der Waals surface area contributed by atoms with Crippen LogP contribution in [-0.2, 0) is 15.1 Å². The summed E-state index contributed by atoms with van der Waals surface area (Å²) >= 11 is 0. The van der Waals surface area contributed by atoms with Gasteiger partial charge in [-0.3, -0.25) is 4.79 Å². The molecule has 4 heteroatoms. The molecule has 2 N–H and O–H groups in total. The van der Waals surface area contributed by atoms with Crippen LogP contribution in [-0.4, -0.2) is 30.8 Å². The summed E-state index contributed by atoms with van der Waals surface area (Å²) in [6.07, 6.45) is 0.884. The number of benzene rings is 1. The van der Waals surface area contributed by atoms with Crippen molar-refractivity contribution in [1.29, 1.82) is 0 Å². The molecule has 0 spiro atoms. The first-order valence-corrected chi connectivity index (χ1v) is 6.18. The highest BCUT2D eigenvalue weighted by Crippen LogP contribution is 2.18. The molecular weight excluding hydrogens is 230 g/mol. The second kappa shape index (κ2) is 7.13. The van der Waals surface area contributed by atoms with Crippen molar-refractivity contribution in [2.24, 2.45) is 0 Å². The topological polar surface area (TPSA) is 58.6 Å². The molecule has 1 rings (SSSR count). The lowest BCUT2D eigenvalue weighted by atomic mass is 9.96. The quantitative estimate of drug-likeness (QED) is 0.721. The minimum Gasteiger partial charge on any atom is -0.384 e. The van der Waals surface area contributed by atoms with Crippen molar-refractivity contribution < 1.29 is 14.6 Å². The van der Waals surface area contributed by atoms with Crippen LogP contribution < -0.4 is 5.32 Å². The minimum atomic E-state index is -1.07. The summed E-state index contributed by atoms with van der Waals surface area (Å²) in [4.78, 5) is 11.4. The maximum Gasteiger partial charge on any atom is 0.246 e. The van der Waals surface area contributed by atoms with Gasteiger partial charge in [0.05, 0.1) is 6.54 Å². The zero-order valence-corrected chi connectivity index (χ0v) is 11.0. The van der Waals surface area contributed by atoms with E-state index in [0.717, 1.165) is 12.0 Å². The minimum absolute atomic E-state index is 0.0404. The van der Waals surface area contributed by atoms with Gasteiger partial charge in [-0.2, -0.15) is 0 Å². The smallest absolute Gasteiger partial charge is 0.246 e. The van der Waals surface area contributed by atoms with E-state index >= 15 is 0 Å². The highest BCUT2D eigenvalue weighted by atomic mass is 16.5. The number of carbonyl (C=O) groups is 1. The van der Waals surface area contributed by atoms with E-state index in [9.17, 15) is 9.90 Å². The van der Waals surface area contributed by atoms with Gasteiger partial charge in [-0.05, 0) is 18.9 Å². The molecule has 1 amide bonds. The maximum absolute atomic E-state index is 11.4. The molecule has 1 aromatic rings. The summed E-state index contributed by atoms with van der Waals surface area (Å²) in [6.45, 7) is 4.44. The summed E-state index contributed by atoms with van der Waals surface area (Å²) in [5.41, 5.74) is -0.290. The van der Waals surface area contributed by atoms with Gasteiger partial charge in [-0.1, -0.05) is 37.3 Å². The number of aliphatic hydroxyl groups is 1. The van der Waals surface area contributed by atoms with Gasteiger partial charge in [0.1, 0.15) is 12.2 Å². The van der Waals surface area contributed by atoms with Gasteiger partial charge in [-0.25, -0.2) is 0 Å². The summed E-state index contributed by atoms with van der Waals surface area (Å²) in [5, 5.41) is 12.9. The van der Waals surface area contributed by atoms with Crippen LogP contribution in [0.5, 0.6) is 0 Å². The number of hydrogen-bond acceptors (Lipinski definition) is 3. The van der Waals surface area contributed by atoms with Crippen LogP contribution in [0.25, 0.3) is 0 Å². The molecular formula is C14H21NO3. The van der Waals surface area contributed by atoms with Crippen LogP contribution in [0.1, 0.15) is 25.8 Å². The first kappa shape index (κ1) is 14.7. The Kier molecular flexibility index (Phi) is 5.82. The van der Waals surface area contributed by atoms with Crippen LogP contribution in [0.3, 0.4) is 0 Å². The van der Waals surface area contributed by atoms with Gasteiger partial charge in [0.2, 0.25) is 5.91 Å². The second-order valence-electron chi connectivity index (χ2n) is 4.47. The van der Waals surface area contributed by atoms with Gasteiger partial charge < -0.3 is 15.2 Å². The number of nitrogens with one attached hydrogen (secondary N) is 1. The van der Waals surface area contributed by atoms with E-state index in [4.69, 9.17) is 4.74 Å². The fourth-order valence-corrected chi connectivity index (χ4v) is 1.53. The second-order valence-corrected chi connectivity index (χ2v) is 4.47. The fraction of sp³-hybridized carbons (Fsp3) is 0.500. The van der Waals surface area contributed by atoms with Crippen molar-refractivity contribution in [2.45, 2.75) is 25.9 Å². The molecule has 0 radical (unpaired) electrons. The Balaban J connectivity index is 2.40. The van der Waals surface area contributed by atoms with Crippen LogP contribution in [0.4, 0.5) is 0 Å². The van der Waals surface area contributed by atoms with E-state index in [0.29, 0.717) is 6.61 Å². The number of hydrogen-bond donors (Lipinski definition) is 2. The zero-order chi connectivity index (χ0) is 13.4. The Bertz CT molecular complexity index is 363. The third kappa shape index (κ3) is 4.85. The van der Waals surface area contributed by atoms with Gasteiger partial charge in [0, 0.05) is 6.61 Å². The van der Waals surface area contributed by atoms with E-state index < -0.39 is 5.60 Å². The molecule has 4 nitrogen and oxygen atoms in total. The number of ether oxygens (including phenoxy) is 1. The summed E-state index contributed by atoms with van der Waals surface area (Å²) in [5.74, 6) is -0.209. The Labute approximate surface area is 108 Å². The Morgan fingerprint density at radius 2 is 2.06 bits per heavy atom. The van der Waals surface area contributed by atoms with Gasteiger partial charge in [0.15, 0.2) is 0 Å². The van der Waals surface area contributed by atoms with Crippen LogP contribution >= 0.6 is 0 Å². The summed E-state index contributed by atoms with van der Waals surface area (Å²) < 4.78 is 5.12. The van der Waals surface area contributed by atoms with Crippen molar-refractivity contribution in [3.8, 4) is 0 Å². The zero-order valence-electron chi connectivity index (χ0n) is 11.0. The molecule has 0 aromatic heterocycles. The summed E-state index contributed by atoms with van der Waals surface area (Å²) in [6, 6.07) is 9.27. The molecule has 0 bridgehead atoms. The van der Waals surface area contributed by atoms with Gasteiger partial charge in [-0.15, -0.1) is 0 Å². The van der Waals surface area contributed by atoms with E-state index in [1.165, 1.54) is 0 Å². The number of carbonyl (C=O) groups excluding carboxylic acids is 1. The molecule has 0 saturated carbocycles. The lowest BCUT2D eigenvalue weighted by Crippen LogP contribution is -2.40. The first-order valence-electron chi connectivity index (χ1n) is 6.18. The van der Waals surface area contributed by atoms with Crippen molar-refractivity contribution in [2.75, 3.05) is 19.8 Å². The normalized spacial score (nSPS) is 13.9. The van der Waals surface area contributed by atoms with Crippen molar-refractivity contribution in [3.05, 3.63) is 35.9 Å². The first-order chi connectivity index (χ1) is 8.56. The number of rotatable bonds is 7. The van der Waals surface area contributed by atoms with Crippen molar-refractivity contribution >= 4 is 5.91 Å². The number of amides is 1. The summed E-state index contributed by atoms with van der Waals surface area (Å²) in [7, 11) is 0. The predicted molar refractivity (Wildman–Crippen MR) is 70.1 cm³/mol. The monoisotopic (exact) mass is 251 g/mol. The Morgan fingerprint density at radius 3 is 2.67 bits per heavy atom. The molecule has 1 unspecified atom stereocenters. The molecule has 0 aliphatic rings. The predicted octanol–water partition coefficient (Wildman–Crippen LogP) is 1.44. The molecule has 0 saturated heterocycles. The van der Waals surface area contributed by atoms with Crippen LogP contribution in [0.2, 0.25) is 0 Å². The molecule has 0 aliphatic heterocycles. The Hall–Kier alpha value is -1.39. The van der Waals surface area contributed by atoms with E-state index in [-0.39, 0.29) is 19.1 Å². The molecule has 0 heterocycles. The van der Waals surface area contributed by atoms with Gasteiger partial charge in [0.25, 0.3) is 0 Å². The van der Waals surface area contributed by atoms with E-state index in [1.807, 2.05) is 37.3 Å². The standard InChI is InChI=1S/C14H21NO3/c1-3-9-18-10-13(16)15-11-14(2,17)12-7-5-4-6-8-12/h4-8,17H,3,9-11H2,1-2H3,(H,15,16). The van der Waals surface area contributed by atoms with Crippen LogP contribution in [0, 0.1) is 0 Å². The average Bonchev–Trinajstić information content (AvgIpc) is 2.38. The van der Waals surface area contributed by atoms with Gasteiger partial charge >= 0.3 is 0 Å². The largest absolute Gasteiger partial charge is 0.384 e. The lowest BCUT2D eigenvalue weighted by Gasteiger charge is -2.24. The average molecular weight is 251 g/mol. The van der Waals surface area contributed by atoms with E-state index in [1.54, 1.807) is 6.92 Å². The van der Waals surface area contributed by atoms with Crippen molar-refractivity contribution in [3.63, 3.8) is 0 Å². The molecule has 1 atom stereocenters. The fourth-order valence-electron chi connectivity index (χ4n) is 1.53. The molecule has 18 heavy (non-hydrogen) atoms. The van der Waals surface area contributed by atoms with Crippen molar-refractivity contribution in [1.82, 2.24) is 5.32 Å². The maximum atomic E-state index is 11.4. The highest BCUT2D eigenvalue weighted by Gasteiger charge is 2.23. The van der Waals surface area contributed by atoms with E-state index in [2.05, 4.69) is 5.32 Å². The molecule has 100 valence electrons. The highest BCUT2D eigenvalue weighted by molar-refractivity contribution is 5.77. The Morgan fingerprint density at radius 1 is 1.39 bits per heavy atom. The molecule has 0 fully saturated rings. The molecule has 1 aromatic carbocycles. The third-order valence-corrected chi connectivity index (χ3v) is 2.61. The third-order valence-electron chi connectivity index (χ3n) is 2.61.